The largest absolute Gasteiger partial charge is 0.305 e. The van der Waals surface area contributed by atoms with Crippen LogP contribution in [0.3, 0.4) is 0 Å². The van der Waals surface area contributed by atoms with Crippen LogP contribution < -0.4 is 0 Å². The predicted octanol–water partition coefficient (Wildman–Crippen LogP) is 3.34. The average molecular weight is 216 g/mol. The molecule has 0 atom stereocenters. The quantitative estimate of drug-likeness (QED) is 0.705. The first-order chi connectivity index (χ1) is 7.52. The van der Waals surface area contributed by atoms with Gasteiger partial charge in [-0.25, -0.2) is 0 Å². The Hall–Kier alpha value is -1.41. The fourth-order valence-corrected chi connectivity index (χ4v) is 1.47. The molecule has 0 aliphatic heterocycles. The van der Waals surface area contributed by atoms with Gasteiger partial charge in [0.15, 0.2) is 0 Å². The highest BCUT2D eigenvalue weighted by molar-refractivity contribution is 5.94. The van der Waals surface area contributed by atoms with E-state index in [1.165, 1.54) is 11.1 Å². The van der Waals surface area contributed by atoms with Crippen molar-refractivity contribution in [3.8, 4) is 0 Å². The van der Waals surface area contributed by atoms with Crippen LogP contribution >= 0.6 is 0 Å². The van der Waals surface area contributed by atoms with Crippen molar-refractivity contribution < 1.29 is 0 Å². The molecule has 0 heterocycles. The van der Waals surface area contributed by atoms with Crippen LogP contribution in [0, 0.1) is 6.92 Å². The summed E-state index contributed by atoms with van der Waals surface area (Å²) >= 11 is 0. The van der Waals surface area contributed by atoms with Crippen LogP contribution in [0.1, 0.15) is 18.1 Å². The highest BCUT2D eigenvalue weighted by Crippen LogP contribution is 2.21. The molecule has 0 bridgehead atoms. The molecule has 0 saturated heterocycles. The first kappa shape index (κ1) is 12.7. The summed E-state index contributed by atoms with van der Waals surface area (Å²) in [5.74, 6) is 0. The molecule has 1 aromatic carbocycles. The Morgan fingerprint density at radius 1 is 1.44 bits per heavy atom. The predicted molar refractivity (Wildman–Crippen MR) is 71.5 cm³/mol. The fourth-order valence-electron chi connectivity index (χ4n) is 1.47. The highest BCUT2D eigenvalue weighted by Gasteiger charge is 2.00. The van der Waals surface area contributed by atoms with Crippen LogP contribution in [0.4, 0.5) is 5.69 Å². The summed E-state index contributed by atoms with van der Waals surface area (Å²) in [7, 11) is 4.13. The number of allylic oxidation sites excluding steroid dienone is 1. The average Bonchev–Trinajstić information content (AvgIpc) is 2.22. The van der Waals surface area contributed by atoms with E-state index in [4.69, 9.17) is 0 Å². The van der Waals surface area contributed by atoms with E-state index < -0.39 is 0 Å². The summed E-state index contributed by atoms with van der Waals surface area (Å²) in [5.41, 5.74) is 4.47. The van der Waals surface area contributed by atoms with Crippen LogP contribution in [0.5, 0.6) is 0 Å². The van der Waals surface area contributed by atoms with Crippen LogP contribution in [0.2, 0.25) is 0 Å². The molecule has 0 amide bonds. The van der Waals surface area contributed by atoms with E-state index in [-0.39, 0.29) is 0 Å². The van der Waals surface area contributed by atoms with Crippen LogP contribution in [0.15, 0.2) is 35.8 Å². The zero-order chi connectivity index (χ0) is 12.1. The summed E-state index contributed by atoms with van der Waals surface area (Å²) in [6.07, 6.45) is 1.78. The summed E-state index contributed by atoms with van der Waals surface area (Å²) < 4.78 is 0. The van der Waals surface area contributed by atoms with Gasteiger partial charge in [0, 0.05) is 12.3 Å². The molecule has 0 fully saturated rings. The molecule has 16 heavy (non-hydrogen) atoms. The Balaban J connectivity index is 3.03. The van der Waals surface area contributed by atoms with Gasteiger partial charge < -0.3 is 4.90 Å². The molecular formula is C14H20N2. The molecule has 2 heteroatoms. The van der Waals surface area contributed by atoms with Gasteiger partial charge in [0.2, 0.25) is 0 Å². The number of aryl methyl sites for hydroxylation is 1. The molecule has 1 rings (SSSR count). The number of rotatable bonds is 4. The van der Waals surface area contributed by atoms with Crippen LogP contribution in [-0.4, -0.2) is 24.7 Å². The maximum absolute atomic E-state index is 4.53. The molecule has 0 aliphatic rings. The van der Waals surface area contributed by atoms with Crippen molar-refractivity contribution in [1.82, 2.24) is 4.90 Å². The van der Waals surface area contributed by atoms with Gasteiger partial charge in [-0.3, -0.25) is 4.99 Å². The van der Waals surface area contributed by atoms with Crippen LogP contribution in [-0.2, 0) is 6.54 Å². The van der Waals surface area contributed by atoms with Gasteiger partial charge in [0.05, 0.1) is 5.69 Å². The minimum atomic E-state index is 0.940. The Bertz CT molecular complexity index is 403. The molecular weight excluding hydrogens is 196 g/mol. The minimum Gasteiger partial charge on any atom is -0.305 e. The molecule has 0 spiro atoms. The van der Waals surface area contributed by atoms with Gasteiger partial charge in [0.1, 0.15) is 0 Å². The van der Waals surface area contributed by atoms with Crippen molar-refractivity contribution in [2.24, 2.45) is 4.99 Å². The number of aliphatic imine (C=N–C) groups is 1. The van der Waals surface area contributed by atoms with Gasteiger partial charge in [0.25, 0.3) is 0 Å². The van der Waals surface area contributed by atoms with Gasteiger partial charge in [-0.2, -0.15) is 0 Å². The second kappa shape index (κ2) is 5.61. The third-order valence-electron chi connectivity index (χ3n) is 2.36. The van der Waals surface area contributed by atoms with Crippen LogP contribution in [0.25, 0.3) is 0 Å². The molecule has 86 valence electrons. The molecule has 0 radical (unpaired) electrons. The van der Waals surface area contributed by atoms with Gasteiger partial charge in [-0.1, -0.05) is 18.7 Å². The van der Waals surface area contributed by atoms with E-state index in [2.05, 4.69) is 55.7 Å². The highest BCUT2D eigenvalue weighted by atomic mass is 15.0. The molecule has 0 N–H and O–H groups in total. The maximum atomic E-state index is 4.53. The topological polar surface area (TPSA) is 15.6 Å². The Kier molecular flexibility index (Phi) is 4.44. The lowest BCUT2D eigenvalue weighted by atomic mass is 10.1. The van der Waals surface area contributed by atoms with Gasteiger partial charge in [-0.15, -0.1) is 0 Å². The van der Waals surface area contributed by atoms with Crippen molar-refractivity contribution in [3.63, 3.8) is 0 Å². The van der Waals surface area contributed by atoms with Crippen molar-refractivity contribution in [2.75, 3.05) is 14.1 Å². The van der Waals surface area contributed by atoms with Crippen molar-refractivity contribution >= 4 is 11.4 Å². The standard InChI is InChI=1S/C14H20N2/c1-6-12(3)15-14-9-13(10-16(4)5)8-7-11(14)2/h6-9H,1,10H2,2-5H3/b15-12-. The second-order valence-electron chi connectivity index (χ2n) is 4.32. The number of nitrogens with zero attached hydrogens (tertiary/aromatic N) is 2. The third-order valence-corrected chi connectivity index (χ3v) is 2.36. The lowest BCUT2D eigenvalue weighted by molar-refractivity contribution is 0.402. The number of hydrogen-bond donors (Lipinski definition) is 0. The van der Waals surface area contributed by atoms with E-state index in [0.717, 1.165) is 17.9 Å². The van der Waals surface area contributed by atoms with Crippen molar-refractivity contribution in [3.05, 3.63) is 42.0 Å². The zero-order valence-electron chi connectivity index (χ0n) is 10.6. The van der Waals surface area contributed by atoms with Gasteiger partial charge in [-0.05, 0) is 51.2 Å². The SMILES string of the molecule is C=C/C(C)=N\c1cc(CN(C)C)ccc1C. The van der Waals surface area contributed by atoms with E-state index >= 15 is 0 Å². The summed E-state index contributed by atoms with van der Waals surface area (Å²) in [4.78, 5) is 6.68. The number of hydrogen-bond acceptors (Lipinski definition) is 2. The van der Waals surface area contributed by atoms with E-state index in [1.807, 2.05) is 6.92 Å². The first-order valence-corrected chi connectivity index (χ1v) is 5.45. The normalized spacial score (nSPS) is 11.9. The Morgan fingerprint density at radius 3 is 2.69 bits per heavy atom. The van der Waals surface area contributed by atoms with E-state index in [9.17, 15) is 0 Å². The maximum Gasteiger partial charge on any atom is 0.0665 e. The van der Waals surface area contributed by atoms with Gasteiger partial charge >= 0.3 is 0 Å². The zero-order valence-corrected chi connectivity index (χ0v) is 10.6. The van der Waals surface area contributed by atoms with Crippen molar-refractivity contribution in [2.45, 2.75) is 20.4 Å². The lowest BCUT2D eigenvalue weighted by Crippen LogP contribution is -2.10. The monoisotopic (exact) mass is 216 g/mol. The summed E-state index contributed by atoms with van der Waals surface area (Å²) in [6.45, 7) is 8.70. The minimum absolute atomic E-state index is 0.940. The summed E-state index contributed by atoms with van der Waals surface area (Å²) in [6, 6.07) is 6.41. The number of benzene rings is 1. The smallest absolute Gasteiger partial charge is 0.0665 e. The lowest BCUT2D eigenvalue weighted by Gasteiger charge is -2.11. The Morgan fingerprint density at radius 2 is 2.12 bits per heavy atom. The molecule has 2 nitrogen and oxygen atoms in total. The first-order valence-electron chi connectivity index (χ1n) is 5.45. The Labute approximate surface area is 98.3 Å². The van der Waals surface area contributed by atoms with E-state index in [1.54, 1.807) is 6.08 Å². The second-order valence-corrected chi connectivity index (χ2v) is 4.32. The molecule has 0 unspecified atom stereocenters. The summed E-state index contributed by atoms with van der Waals surface area (Å²) in [5, 5.41) is 0. The molecule has 0 aliphatic carbocycles. The molecule has 0 aromatic heterocycles. The molecule has 0 saturated carbocycles. The molecule has 1 aromatic rings. The fraction of sp³-hybridized carbons (Fsp3) is 0.357. The van der Waals surface area contributed by atoms with Crippen molar-refractivity contribution in [1.29, 1.82) is 0 Å². The van der Waals surface area contributed by atoms with E-state index in [0.29, 0.717) is 0 Å². The third kappa shape index (κ3) is 3.63.